The molecule has 6 rings (SSSR count). The van der Waals surface area contributed by atoms with E-state index in [1.165, 1.54) is 36.8 Å². The van der Waals surface area contributed by atoms with Crippen molar-refractivity contribution >= 4 is 11.6 Å². The zero-order valence-corrected chi connectivity index (χ0v) is 18.3. The van der Waals surface area contributed by atoms with Crippen LogP contribution >= 0.6 is 0 Å². The molecule has 0 aliphatic carbocycles. The zero-order valence-electron chi connectivity index (χ0n) is 18.3. The Balaban J connectivity index is 1.43. The number of anilines is 1. The van der Waals surface area contributed by atoms with E-state index in [2.05, 4.69) is 53.1 Å². The van der Waals surface area contributed by atoms with Gasteiger partial charge >= 0.3 is 0 Å². The summed E-state index contributed by atoms with van der Waals surface area (Å²) in [6.07, 6.45) is 5.06. The predicted molar refractivity (Wildman–Crippen MR) is 127 cm³/mol. The highest BCUT2D eigenvalue weighted by Gasteiger charge is 2.41. The summed E-state index contributed by atoms with van der Waals surface area (Å²) in [5.41, 5.74) is 5.48. The molecule has 3 unspecified atom stereocenters. The second-order valence-corrected chi connectivity index (χ2v) is 9.47. The van der Waals surface area contributed by atoms with Gasteiger partial charge in [-0.2, -0.15) is 0 Å². The molecule has 4 heteroatoms. The van der Waals surface area contributed by atoms with Crippen molar-refractivity contribution in [2.24, 2.45) is 5.92 Å². The maximum Gasteiger partial charge on any atom is 0.221 e. The normalized spacial score (nSPS) is 25.4. The predicted octanol–water partition coefficient (Wildman–Crippen LogP) is 6.08. The molecule has 32 heavy (non-hydrogen) atoms. The number of rotatable bonds is 3. The Bertz CT molecular complexity index is 1180. The summed E-state index contributed by atoms with van der Waals surface area (Å²) in [6, 6.07) is 24.4. The van der Waals surface area contributed by atoms with Crippen molar-refractivity contribution in [3.8, 4) is 22.6 Å². The SMILES string of the molecule is CC(=O)Nc1ccccc1-c1ccc2c(c1)Oc1ccccc1C2C1CC2CCC(C1)N2. The third-order valence-corrected chi connectivity index (χ3v) is 7.35. The highest BCUT2D eigenvalue weighted by atomic mass is 16.5. The van der Waals surface area contributed by atoms with E-state index in [0.29, 0.717) is 23.9 Å². The molecule has 4 nitrogen and oxygen atoms in total. The van der Waals surface area contributed by atoms with Crippen molar-refractivity contribution < 1.29 is 9.53 Å². The van der Waals surface area contributed by atoms with Gasteiger partial charge in [0.1, 0.15) is 11.5 Å². The standard InChI is InChI=1S/C28H28N2O2/c1-17(31)29-25-8-4-2-6-22(25)18-10-13-24-27(16-18)32-26-9-5-3-7-23(26)28(24)19-14-20-11-12-21(15-19)30-20/h2-10,13,16,19-21,28,30H,11-12,14-15H2,1H3,(H,29,31). The topological polar surface area (TPSA) is 50.4 Å². The number of benzene rings is 3. The lowest BCUT2D eigenvalue weighted by Gasteiger charge is -2.38. The fourth-order valence-electron chi connectivity index (χ4n) is 6.08. The Morgan fingerprint density at radius 3 is 2.44 bits per heavy atom. The Morgan fingerprint density at radius 2 is 1.62 bits per heavy atom. The molecule has 2 N–H and O–H groups in total. The van der Waals surface area contributed by atoms with Crippen LogP contribution in [0.1, 0.15) is 49.7 Å². The van der Waals surface area contributed by atoms with E-state index in [1.807, 2.05) is 24.3 Å². The summed E-state index contributed by atoms with van der Waals surface area (Å²) >= 11 is 0. The van der Waals surface area contributed by atoms with Crippen LogP contribution in [0.4, 0.5) is 5.69 Å². The molecule has 3 aromatic carbocycles. The molecular formula is C28H28N2O2. The van der Waals surface area contributed by atoms with Gasteiger partial charge in [0.05, 0.1) is 0 Å². The van der Waals surface area contributed by atoms with Crippen LogP contribution in [0.15, 0.2) is 66.7 Å². The van der Waals surface area contributed by atoms with Gasteiger partial charge in [-0.25, -0.2) is 0 Å². The van der Waals surface area contributed by atoms with Gasteiger partial charge < -0.3 is 15.4 Å². The zero-order chi connectivity index (χ0) is 21.7. The minimum Gasteiger partial charge on any atom is -0.457 e. The van der Waals surface area contributed by atoms with Gasteiger partial charge in [-0.05, 0) is 55.4 Å². The highest BCUT2D eigenvalue weighted by Crippen LogP contribution is 2.52. The molecule has 0 aromatic heterocycles. The molecule has 1 amide bonds. The summed E-state index contributed by atoms with van der Waals surface area (Å²) in [7, 11) is 0. The lowest BCUT2D eigenvalue weighted by Crippen LogP contribution is -2.40. The number of para-hydroxylation sites is 2. The Kier molecular flexibility index (Phi) is 4.76. The van der Waals surface area contributed by atoms with Gasteiger partial charge in [0.2, 0.25) is 5.91 Å². The number of ether oxygens (including phenoxy) is 1. The first-order chi connectivity index (χ1) is 15.7. The highest BCUT2D eigenvalue weighted by molar-refractivity contribution is 5.94. The first-order valence-corrected chi connectivity index (χ1v) is 11.7. The quantitative estimate of drug-likeness (QED) is 0.536. The van der Waals surface area contributed by atoms with Crippen LogP contribution in [0.3, 0.4) is 0 Å². The minimum absolute atomic E-state index is 0.0683. The molecular weight excluding hydrogens is 396 g/mol. The maximum atomic E-state index is 11.7. The number of carbonyl (C=O) groups excluding carboxylic acids is 1. The monoisotopic (exact) mass is 424 g/mol. The number of piperidine rings is 1. The molecule has 3 aromatic rings. The van der Waals surface area contributed by atoms with E-state index in [4.69, 9.17) is 4.74 Å². The van der Waals surface area contributed by atoms with Crippen molar-refractivity contribution in [2.45, 2.75) is 50.6 Å². The molecule has 3 aliphatic rings. The molecule has 2 fully saturated rings. The lowest BCUT2D eigenvalue weighted by atomic mass is 9.73. The van der Waals surface area contributed by atoms with Gasteiger partial charge in [0.15, 0.2) is 0 Å². The summed E-state index contributed by atoms with van der Waals surface area (Å²) in [6.45, 7) is 1.54. The van der Waals surface area contributed by atoms with E-state index < -0.39 is 0 Å². The van der Waals surface area contributed by atoms with Crippen molar-refractivity contribution in [3.63, 3.8) is 0 Å². The summed E-state index contributed by atoms with van der Waals surface area (Å²) in [4.78, 5) is 11.7. The number of carbonyl (C=O) groups is 1. The van der Waals surface area contributed by atoms with E-state index in [1.54, 1.807) is 6.92 Å². The molecule has 0 spiro atoms. The average Bonchev–Trinajstić information content (AvgIpc) is 3.14. The van der Waals surface area contributed by atoms with E-state index in [-0.39, 0.29) is 5.91 Å². The Morgan fingerprint density at radius 1 is 0.906 bits per heavy atom. The van der Waals surface area contributed by atoms with Crippen LogP contribution in [0.2, 0.25) is 0 Å². The van der Waals surface area contributed by atoms with Gasteiger partial charge in [-0.3, -0.25) is 4.79 Å². The summed E-state index contributed by atoms with van der Waals surface area (Å²) in [5, 5.41) is 6.75. The number of fused-ring (bicyclic) bond motifs is 4. The average molecular weight is 425 g/mol. The molecule has 162 valence electrons. The van der Waals surface area contributed by atoms with E-state index in [9.17, 15) is 4.79 Å². The van der Waals surface area contributed by atoms with E-state index in [0.717, 1.165) is 28.3 Å². The van der Waals surface area contributed by atoms with Gasteiger partial charge in [0, 0.05) is 47.3 Å². The molecule has 3 heterocycles. The summed E-state index contributed by atoms with van der Waals surface area (Å²) < 4.78 is 6.45. The van der Waals surface area contributed by atoms with Crippen molar-refractivity contribution in [3.05, 3.63) is 77.9 Å². The Labute approximate surface area is 189 Å². The van der Waals surface area contributed by atoms with Crippen LogP contribution in [-0.2, 0) is 4.79 Å². The molecule has 2 bridgehead atoms. The van der Waals surface area contributed by atoms with Crippen LogP contribution < -0.4 is 15.4 Å². The van der Waals surface area contributed by atoms with Gasteiger partial charge in [0.25, 0.3) is 0 Å². The molecule has 3 aliphatic heterocycles. The Hall–Kier alpha value is -3.11. The van der Waals surface area contributed by atoms with Crippen LogP contribution in [0.5, 0.6) is 11.5 Å². The maximum absolute atomic E-state index is 11.7. The third-order valence-electron chi connectivity index (χ3n) is 7.35. The molecule has 0 saturated carbocycles. The van der Waals surface area contributed by atoms with Crippen molar-refractivity contribution in [1.82, 2.24) is 5.32 Å². The van der Waals surface area contributed by atoms with Crippen LogP contribution in [-0.4, -0.2) is 18.0 Å². The second-order valence-electron chi connectivity index (χ2n) is 9.47. The number of hydrogen-bond acceptors (Lipinski definition) is 3. The number of nitrogens with one attached hydrogen (secondary N) is 2. The molecule has 3 atom stereocenters. The van der Waals surface area contributed by atoms with Gasteiger partial charge in [-0.1, -0.05) is 48.5 Å². The van der Waals surface area contributed by atoms with Crippen molar-refractivity contribution in [1.29, 1.82) is 0 Å². The number of hydrogen-bond donors (Lipinski definition) is 2. The van der Waals surface area contributed by atoms with E-state index >= 15 is 0 Å². The first-order valence-electron chi connectivity index (χ1n) is 11.7. The lowest BCUT2D eigenvalue weighted by molar-refractivity contribution is -0.114. The largest absolute Gasteiger partial charge is 0.457 e. The molecule has 2 saturated heterocycles. The minimum atomic E-state index is -0.0683. The van der Waals surface area contributed by atoms with Crippen LogP contribution in [0, 0.1) is 5.92 Å². The van der Waals surface area contributed by atoms with Crippen molar-refractivity contribution in [2.75, 3.05) is 5.32 Å². The number of amides is 1. The fourth-order valence-corrected chi connectivity index (χ4v) is 6.08. The molecule has 0 radical (unpaired) electrons. The smallest absolute Gasteiger partial charge is 0.221 e. The summed E-state index contributed by atoms with van der Waals surface area (Å²) in [5.74, 6) is 2.83. The van der Waals surface area contributed by atoms with Gasteiger partial charge in [-0.15, -0.1) is 0 Å². The first kappa shape index (κ1) is 19.6. The second kappa shape index (κ2) is 7.79. The fraction of sp³-hybridized carbons (Fsp3) is 0.321. The van der Waals surface area contributed by atoms with Crippen LogP contribution in [0.25, 0.3) is 11.1 Å². The third kappa shape index (κ3) is 3.39.